The fourth-order valence-corrected chi connectivity index (χ4v) is 4.92. The molecule has 0 atom stereocenters. The summed E-state index contributed by atoms with van der Waals surface area (Å²) in [5.74, 6) is -0.783. The van der Waals surface area contributed by atoms with E-state index < -0.39 is 16.0 Å². The Morgan fingerprint density at radius 2 is 1.86 bits per heavy atom. The van der Waals surface area contributed by atoms with Gasteiger partial charge in [0.05, 0.1) is 6.54 Å². The molecule has 1 aliphatic heterocycles. The average molecular weight is 405 g/mol. The van der Waals surface area contributed by atoms with E-state index in [0.717, 1.165) is 12.0 Å². The summed E-state index contributed by atoms with van der Waals surface area (Å²) in [5.41, 5.74) is 2.26. The van der Waals surface area contributed by atoms with Crippen LogP contribution in [0, 0.1) is 5.82 Å². The molecule has 1 amide bonds. The lowest BCUT2D eigenvalue weighted by atomic mass is 10.1. The highest BCUT2D eigenvalue weighted by Crippen LogP contribution is 2.20. The van der Waals surface area contributed by atoms with Crippen molar-refractivity contribution in [2.24, 2.45) is 0 Å². The van der Waals surface area contributed by atoms with Gasteiger partial charge >= 0.3 is 0 Å². The summed E-state index contributed by atoms with van der Waals surface area (Å²) in [6.45, 7) is 2.45. The Hall–Kier alpha value is -2.29. The Labute approximate surface area is 165 Å². The lowest BCUT2D eigenvalue weighted by molar-refractivity contribution is -0.116. The number of anilines is 1. The number of rotatable bonds is 6. The maximum atomic E-state index is 13.4. The number of amides is 1. The van der Waals surface area contributed by atoms with Gasteiger partial charge in [-0.3, -0.25) is 4.79 Å². The van der Waals surface area contributed by atoms with Gasteiger partial charge in [0, 0.05) is 25.3 Å². The molecule has 1 heterocycles. The van der Waals surface area contributed by atoms with Gasteiger partial charge in [-0.2, -0.15) is 17.0 Å². The molecule has 2 aromatic rings. The monoisotopic (exact) mass is 405 g/mol. The predicted octanol–water partition coefficient (Wildman–Crippen LogP) is 2.78. The van der Waals surface area contributed by atoms with E-state index in [2.05, 4.69) is 5.32 Å². The molecule has 1 aliphatic rings. The van der Waals surface area contributed by atoms with Crippen LogP contribution in [0.25, 0.3) is 0 Å². The third-order valence-electron chi connectivity index (χ3n) is 4.71. The number of carbonyl (C=O) groups excluding carboxylic acids is 1. The zero-order chi connectivity index (χ0) is 20.1. The van der Waals surface area contributed by atoms with Crippen molar-refractivity contribution < 1.29 is 17.6 Å². The summed E-state index contributed by atoms with van der Waals surface area (Å²) < 4.78 is 41.7. The standard InChI is InChI=1S/C20H24FN3O3S/c1-2-17-8-3-4-10-19(17)22-20(25)15-24-12-6-11-23(28(24,26)27)14-16-7-5-9-18(21)13-16/h3-5,7-10,13H,2,6,11-12,14-15H2,1H3,(H,22,25). The molecule has 1 N–H and O–H groups in total. The number of carbonyl (C=O) groups is 1. The highest BCUT2D eigenvalue weighted by molar-refractivity contribution is 7.86. The summed E-state index contributed by atoms with van der Waals surface area (Å²) in [7, 11) is -3.80. The van der Waals surface area contributed by atoms with E-state index >= 15 is 0 Å². The topological polar surface area (TPSA) is 69.7 Å². The van der Waals surface area contributed by atoms with Crippen molar-refractivity contribution in [3.05, 3.63) is 65.5 Å². The molecule has 2 aromatic carbocycles. The molecule has 8 heteroatoms. The number of nitrogens with one attached hydrogen (secondary N) is 1. The molecular weight excluding hydrogens is 381 g/mol. The largest absolute Gasteiger partial charge is 0.325 e. The van der Waals surface area contributed by atoms with Crippen LogP contribution < -0.4 is 5.32 Å². The van der Waals surface area contributed by atoms with Gasteiger partial charge in [-0.1, -0.05) is 37.3 Å². The molecular formula is C20H24FN3O3S. The lowest BCUT2D eigenvalue weighted by Gasteiger charge is -2.34. The summed E-state index contributed by atoms with van der Waals surface area (Å²) in [5, 5.41) is 2.81. The average Bonchev–Trinajstić information content (AvgIpc) is 2.66. The third kappa shape index (κ3) is 4.76. The maximum absolute atomic E-state index is 13.4. The first-order valence-corrected chi connectivity index (χ1v) is 10.7. The molecule has 0 spiro atoms. The van der Waals surface area contributed by atoms with Crippen LogP contribution in [0.3, 0.4) is 0 Å². The van der Waals surface area contributed by atoms with E-state index in [1.807, 2.05) is 25.1 Å². The summed E-state index contributed by atoms with van der Waals surface area (Å²) >= 11 is 0. The zero-order valence-corrected chi connectivity index (χ0v) is 16.6. The van der Waals surface area contributed by atoms with Crippen molar-refractivity contribution in [3.63, 3.8) is 0 Å². The quantitative estimate of drug-likeness (QED) is 0.804. The minimum atomic E-state index is -3.80. The van der Waals surface area contributed by atoms with Gasteiger partial charge in [0.1, 0.15) is 5.82 Å². The van der Waals surface area contributed by atoms with Crippen LogP contribution >= 0.6 is 0 Å². The van der Waals surface area contributed by atoms with Gasteiger partial charge in [0.2, 0.25) is 5.91 Å². The second-order valence-electron chi connectivity index (χ2n) is 6.72. The van der Waals surface area contributed by atoms with Crippen molar-refractivity contribution >= 4 is 21.8 Å². The van der Waals surface area contributed by atoms with Crippen LogP contribution in [-0.4, -0.2) is 42.6 Å². The predicted molar refractivity (Wildman–Crippen MR) is 106 cm³/mol. The van der Waals surface area contributed by atoms with E-state index in [1.165, 1.54) is 20.7 Å². The van der Waals surface area contributed by atoms with Crippen molar-refractivity contribution in [1.29, 1.82) is 0 Å². The summed E-state index contributed by atoms with van der Waals surface area (Å²) in [6, 6.07) is 13.3. The van der Waals surface area contributed by atoms with Crippen molar-refractivity contribution in [1.82, 2.24) is 8.61 Å². The highest BCUT2D eigenvalue weighted by atomic mass is 32.2. The molecule has 0 saturated carbocycles. The van der Waals surface area contributed by atoms with Gasteiger partial charge < -0.3 is 5.32 Å². The van der Waals surface area contributed by atoms with Crippen LogP contribution in [-0.2, 0) is 28.0 Å². The molecule has 150 valence electrons. The number of hydrogen-bond donors (Lipinski definition) is 1. The van der Waals surface area contributed by atoms with Gasteiger partial charge in [-0.15, -0.1) is 0 Å². The first-order chi connectivity index (χ1) is 13.4. The van der Waals surface area contributed by atoms with Gasteiger partial charge in [0.25, 0.3) is 10.2 Å². The molecule has 0 bridgehead atoms. The Balaban J connectivity index is 1.69. The molecule has 28 heavy (non-hydrogen) atoms. The number of halogens is 1. The van der Waals surface area contributed by atoms with Crippen LogP contribution in [0.5, 0.6) is 0 Å². The van der Waals surface area contributed by atoms with E-state index in [0.29, 0.717) is 24.2 Å². The van der Waals surface area contributed by atoms with E-state index in [4.69, 9.17) is 0 Å². The molecule has 3 rings (SSSR count). The lowest BCUT2D eigenvalue weighted by Crippen LogP contribution is -2.51. The minimum Gasteiger partial charge on any atom is -0.325 e. The Bertz CT molecular complexity index is 949. The number of benzene rings is 2. The molecule has 0 unspecified atom stereocenters. The fourth-order valence-electron chi connectivity index (χ4n) is 3.28. The number of aryl methyl sites for hydroxylation is 1. The third-order valence-corrected chi connectivity index (χ3v) is 6.64. The Kier molecular flexibility index (Phi) is 6.43. The van der Waals surface area contributed by atoms with Crippen LogP contribution in [0.4, 0.5) is 10.1 Å². The van der Waals surface area contributed by atoms with Gasteiger partial charge in [-0.25, -0.2) is 4.39 Å². The zero-order valence-electron chi connectivity index (χ0n) is 15.8. The second kappa shape index (κ2) is 8.81. The number of para-hydroxylation sites is 1. The molecule has 6 nitrogen and oxygen atoms in total. The first-order valence-electron chi connectivity index (χ1n) is 9.27. The van der Waals surface area contributed by atoms with Crippen LogP contribution in [0.2, 0.25) is 0 Å². The summed E-state index contributed by atoms with van der Waals surface area (Å²) in [4.78, 5) is 12.5. The van der Waals surface area contributed by atoms with Gasteiger partial charge in [0.15, 0.2) is 0 Å². The van der Waals surface area contributed by atoms with Crippen molar-refractivity contribution in [3.8, 4) is 0 Å². The molecule has 0 aromatic heterocycles. The Morgan fingerprint density at radius 3 is 2.61 bits per heavy atom. The molecule has 1 fully saturated rings. The second-order valence-corrected chi connectivity index (χ2v) is 8.65. The van der Waals surface area contributed by atoms with Crippen LogP contribution in [0.1, 0.15) is 24.5 Å². The summed E-state index contributed by atoms with van der Waals surface area (Å²) in [6.07, 6.45) is 1.37. The minimum absolute atomic E-state index is 0.0802. The maximum Gasteiger partial charge on any atom is 0.282 e. The molecule has 0 radical (unpaired) electrons. The number of nitrogens with zero attached hydrogens (tertiary/aromatic N) is 2. The molecule has 1 saturated heterocycles. The Morgan fingerprint density at radius 1 is 1.11 bits per heavy atom. The smallest absolute Gasteiger partial charge is 0.282 e. The normalized spacial score (nSPS) is 17.4. The van der Waals surface area contributed by atoms with Crippen molar-refractivity contribution in [2.75, 3.05) is 25.0 Å². The fraction of sp³-hybridized carbons (Fsp3) is 0.350. The number of hydrogen-bond acceptors (Lipinski definition) is 3. The van der Waals surface area contributed by atoms with Crippen molar-refractivity contribution in [2.45, 2.75) is 26.3 Å². The van der Waals surface area contributed by atoms with Gasteiger partial charge in [-0.05, 0) is 42.2 Å². The van der Waals surface area contributed by atoms with E-state index in [1.54, 1.807) is 18.2 Å². The van der Waals surface area contributed by atoms with E-state index in [-0.39, 0.29) is 25.5 Å². The SMILES string of the molecule is CCc1ccccc1NC(=O)CN1CCCN(Cc2cccc(F)c2)S1(=O)=O. The highest BCUT2D eigenvalue weighted by Gasteiger charge is 2.34. The van der Waals surface area contributed by atoms with E-state index in [9.17, 15) is 17.6 Å². The van der Waals surface area contributed by atoms with Crippen LogP contribution in [0.15, 0.2) is 48.5 Å². The first kappa shape index (κ1) is 20.4. The molecule has 0 aliphatic carbocycles.